The third-order valence-electron chi connectivity index (χ3n) is 6.30. The molecule has 1 aliphatic heterocycles. The first-order valence-electron chi connectivity index (χ1n) is 12.7. The minimum absolute atomic E-state index is 0.0110. The topological polar surface area (TPSA) is 147 Å². The summed E-state index contributed by atoms with van der Waals surface area (Å²) in [6, 6.07) is 1.80. The van der Waals surface area contributed by atoms with Gasteiger partial charge in [0.15, 0.2) is 17.0 Å². The van der Waals surface area contributed by atoms with Crippen molar-refractivity contribution in [1.82, 2.24) is 19.5 Å². The highest BCUT2D eigenvalue weighted by Gasteiger charge is 2.52. The Bertz CT molecular complexity index is 1340. The smallest absolute Gasteiger partial charge is 0.350 e. The van der Waals surface area contributed by atoms with E-state index < -0.39 is 35.8 Å². The van der Waals surface area contributed by atoms with Gasteiger partial charge < -0.3 is 29.4 Å². The Morgan fingerprint density at radius 2 is 2.08 bits per heavy atom. The van der Waals surface area contributed by atoms with Gasteiger partial charge in [0.25, 0.3) is 5.60 Å². The molecule has 1 saturated heterocycles. The van der Waals surface area contributed by atoms with Crippen molar-refractivity contribution in [1.29, 1.82) is 0 Å². The van der Waals surface area contributed by atoms with Gasteiger partial charge in [-0.15, -0.1) is 12.3 Å². The number of carbonyl (C=O) groups excluding carboxylic acids is 2. The number of esters is 2. The van der Waals surface area contributed by atoms with Crippen LogP contribution < -0.4 is 5.32 Å². The minimum atomic E-state index is -2.04. The predicted molar refractivity (Wildman–Crippen MR) is 147 cm³/mol. The van der Waals surface area contributed by atoms with E-state index in [0.717, 1.165) is 5.56 Å². The number of anilines is 1. The molecule has 4 heterocycles. The van der Waals surface area contributed by atoms with Gasteiger partial charge in [0.1, 0.15) is 6.23 Å². The fourth-order valence-corrected chi connectivity index (χ4v) is 5.26. The van der Waals surface area contributed by atoms with Gasteiger partial charge in [0.2, 0.25) is 5.28 Å². The van der Waals surface area contributed by atoms with Gasteiger partial charge in [0.05, 0.1) is 44.8 Å². The first-order valence-corrected chi connectivity index (χ1v) is 14.0. The summed E-state index contributed by atoms with van der Waals surface area (Å²) < 4.78 is 24.6. The van der Waals surface area contributed by atoms with Gasteiger partial charge in [-0.2, -0.15) is 21.3 Å². The number of nitrogens with zero attached hydrogens (tertiary/aromatic N) is 4. The van der Waals surface area contributed by atoms with Crippen molar-refractivity contribution in [2.24, 2.45) is 5.92 Å². The molecule has 0 spiro atoms. The minimum Gasteiger partial charge on any atom is -0.463 e. The summed E-state index contributed by atoms with van der Waals surface area (Å²) in [5.41, 5.74) is -0.467. The zero-order valence-electron chi connectivity index (χ0n) is 22.0. The molecule has 12 nitrogen and oxygen atoms in total. The number of aliphatic hydroxyl groups excluding tert-OH is 1. The number of imidazole rings is 1. The lowest BCUT2D eigenvalue weighted by Gasteiger charge is -2.30. The van der Waals surface area contributed by atoms with Gasteiger partial charge in [-0.05, 0) is 47.8 Å². The van der Waals surface area contributed by atoms with E-state index in [4.69, 9.17) is 42.1 Å². The summed E-state index contributed by atoms with van der Waals surface area (Å²) in [6.45, 7) is 3.36. The zero-order valence-corrected chi connectivity index (χ0v) is 23.6. The van der Waals surface area contributed by atoms with Crippen LogP contribution in [0.2, 0.25) is 5.28 Å². The first-order chi connectivity index (χ1) is 19.4. The average Bonchev–Trinajstić information content (AvgIpc) is 3.69. The van der Waals surface area contributed by atoms with Crippen molar-refractivity contribution < 1.29 is 33.6 Å². The van der Waals surface area contributed by atoms with Crippen molar-refractivity contribution >= 4 is 51.9 Å². The molecule has 0 aromatic carbocycles. The Kier molecular flexibility index (Phi) is 9.94. The van der Waals surface area contributed by atoms with Crippen LogP contribution in [0.25, 0.3) is 11.2 Å². The lowest BCUT2D eigenvalue weighted by molar-refractivity contribution is -0.195. The van der Waals surface area contributed by atoms with Crippen LogP contribution in [0, 0.1) is 18.3 Å². The van der Waals surface area contributed by atoms with Crippen molar-refractivity contribution in [2.45, 2.75) is 44.6 Å². The van der Waals surface area contributed by atoms with Crippen LogP contribution in [0.3, 0.4) is 0 Å². The number of hydrogen-bond donors (Lipinski definition) is 2. The van der Waals surface area contributed by atoms with Gasteiger partial charge in [0, 0.05) is 19.4 Å². The summed E-state index contributed by atoms with van der Waals surface area (Å²) in [4.78, 5) is 39.3. The Morgan fingerprint density at radius 1 is 1.32 bits per heavy atom. The van der Waals surface area contributed by atoms with E-state index >= 15 is 0 Å². The van der Waals surface area contributed by atoms with Crippen molar-refractivity contribution in [2.75, 3.05) is 38.3 Å². The molecule has 3 aromatic heterocycles. The lowest BCUT2D eigenvalue weighted by Crippen LogP contribution is -2.54. The van der Waals surface area contributed by atoms with Crippen LogP contribution in [0.1, 0.15) is 32.1 Å². The Hall–Kier alpha value is -3.28. The summed E-state index contributed by atoms with van der Waals surface area (Å²) in [5.74, 6) is 0.985. The van der Waals surface area contributed by atoms with Crippen molar-refractivity contribution in [3.05, 3.63) is 34.0 Å². The largest absolute Gasteiger partial charge is 0.463 e. The van der Waals surface area contributed by atoms with Crippen LogP contribution in [-0.4, -0.2) is 81.2 Å². The number of carbonyl (C=O) groups is 2. The number of aromatic nitrogens is 4. The number of fused-ring (bicyclic) bond motifs is 1. The number of nitrogens with one attached hydrogen (secondary N) is 1. The zero-order chi connectivity index (χ0) is 28.7. The van der Waals surface area contributed by atoms with E-state index in [1.807, 2.05) is 10.8 Å². The number of hydrogen-bond acceptors (Lipinski definition) is 12. The highest BCUT2D eigenvalue weighted by Crippen LogP contribution is 2.37. The number of aliphatic hydroxyl groups is 1. The van der Waals surface area contributed by atoms with Crippen LogP contribution in [0.4, 0.5) is 5.82 Å². The van der Waals surface area contributed by atoms with E-state index in [-0.39, 0.29) is 44.7 Å². The van der Waals surface area contributed by atoms with Gasteiger partial charge in [-0.3, -0.25) is 4.57 Å². The Morgan fingerprint density at radius 3 is 2.70 bits per heavy atom. The maximum Gasteiger partial charge on any atom is 0.350 e. The standard InChI is InChI=1S/C26H30ClN5O7S/c1-4-17-11-19(32-15-29-20-21(28-8-9-33)30-25(27)31-22(20)32)39-18(17)13-38-26(23(34)36-5-2,24(35)37-6-3)12-16-7-10-40-14-16/h1,7,10,14-15,17-19,33H,5-6,8-9,11-13H2,2-3H3,(H,28,30,31). The second-order valence-electron chi connectivity index (χ2n) is 8.84. The molecule has 1 aliphatic rings. The molecule has 0 radical (unpaired) electrons. The third-order valence-corrected chi connectivity index (χ3v) is 7.20. The van der Waals surface area contributed by atoms with Gasteiger partial charge >= 0.3 is 11.9 Å². The molecule has 0 saturated carbocycles. The van der Waals surface area contributed by atoms with E-state index in [1.54, 1.807) is 30.8 Å². The normalized spacial score (nSPS) is 18.9. The lowest BCUT2D eigenvalue weighted by atomic mass is 9.95. The highest BCUT2D eigenvalue weighted by molar-refractivity contribution is 7.07. The van der Waals surface area contributed by atoms with Crippen molar-refractivity contribution in [3.63, 3.8) is 0 Å². The third kappa shape index (κ3) is 6.21. The highest BCUT2D eigenvalue weighted by atomic mass is 35.5. The van der Waals surface area contributed by atoms with Crippen LogP contribution in [0.5, 0.6) is 0 Å². The van der Waals surface area contributed by atoms with Crippen LogP contribution >= 0.6 is 22.9 Å². The molecule has 3 atom stereocenters. The first kappa shape index (κ1) is 29.7. The van der Waals surface area contributed by atoms with Crippen LogP contribution in [-0.2, 0) is 35.0 Å². The second kappa shape index (κ2) is 13.4. The molecule has 3 aromatic rings. The molecule has 0 amide bonds. The average molecular weight is 592 g/mol. The molecule has 40 heavy (non-hydrogen) atoms. The predicted octanol–water partition coefficient (Wildman–Crippen LogP) is 2.61. The van der Waals surface area contributed by atoms with Gasteiger partial charge in [-0.25, -0.2) is 14.6 Å². The van der Waals surface area contributed by atoms with Gasteiger partial charge in [-0.1, -0.05) is 0 Å². The summed E-state index contributed by atoms with van der Waals surface area (Å²) in [7, 11) is 0. The number of ether oxygens (including phenoxy) is 4. The molecule has 214 valence electrons. The second-order valence-corrected chi connectivity index (χ2v) is 9.96. The molecule has 14 heteroatoms. The quantitative estimate of drug-likeness (QED) is 0.131. The molecule has 4 rings (SSSR count). The maximum absolute atomic E-state index is 13.2. The SMILES string of the molecule is C#CC1CC(n2cnc3c(NCCO)nc(Cl)nc32)OC1COC(Cc1ccsc1)(C(=O)OCC)C(=O)OCC. The maximum atomic E-state index is 13.2. The molecule has 2 N–H and O–H groups in total. The molecular formula is C26H30ClN5O7S. The number of terminal acetylenes is 1. The van der Waals surface area contributed by atoms with E-state index in [9.17, 15) is 9.59 Å². The molecule has 1 fully saturated rings. The molecule has 3 unspecified atom stereocenters. The molecule has 0 bridgehead atoms. The summed E-state index contributed by atoms with van der Waals surface area (Å²) in [6.07, 6.45) is 6.43. The van der Waals surface area contributed by atoms with Crippen molar-refractivity contribution in [3.8, 4) is 12.3 Å². The number of halogens is 1. The van der Waals surface area contributed by atoms with E-state index in [2.05, 4.69) is 26.2 Å². The fourth-order valence-electron chi connectivity index (χ4n) is 4.43. The van der Waals surface area contributed by atoms with Crippen LogP contribution in [0.15, 0.2) is 23.2 Å². The van der Waals surface area contributed by atoms with E-state index in [1.165, 1.54) is 11.3 Å². The summed E-state index contributed by atoms with van der Waals surface area (Å²) in [5, 5.41) is 15.8. The number of rotatable bonds is 13. The number of thiophene rings is 1. The fraction of sp³-hybridized carbons (Fsp3) is 0.500. The van der Waals surface area contributed by atoms with E-state index in [0.29, 0.717) is 23.4 Å². The molecule has 0 aliphatic carbocycles. The monoisotopic (exact) mass is 591 g/mol. The molecular weight excluding hydrogens is 562 g/mol. The Balaban J connectivity index is 1.60. The summed E-state index contributed by atoms with van der Waals surface area (Å²) >= 11 is 7.57. The Labute approximate surface area is 240 Å².